The monoisotopic (exact) mass is 347 g/mol. The minimum atomic E-state index is -3.41. The number of quaternary nitrogens is 2. The molecule has 0 amide bonds. The third-order valence-corrected chi connectivity index (χ3v) is 7.52. The molecule has 0 aliphatic carbocycles. The molecule has 1 unspecified atom stereocenters. The average Bonchev–Trinajstić information content (AvgIpc) is 2.92. The van der Waals surface area contributed by atoms with Gasteiger partial charge in [0, 0.05) is 12.8 Å². The molecule has 22 heavy (non-hydrogen) atoms. The number of rotatable bonds is 6. The lowest BCUT2D eigenvalue weighted by Crippen LogP contribution is -3.19. The van der Waals surface area contributed by atoms with E-state index in [4.69, 9.17) is 0 Å². The summed E-state index contributed by atoms with van der Waals surface area (Å²) in [7, 11) is 1.02. The van der Waals surface area contributed by atoms with Crippen molar-refractivity contribution < 1.29 is 18.2 Å². The first-order chi connectivity index (χ1) is 10.2. The van der Waals surface area contributed by atoms with Crippen LogP contribution in [-0.2, 0) is 10.0 Å². The Balaban J connectivity index is 1.95. The van der Waals surface area contributed by atoms with Gasteiger partial charge in [-0.25, -0.2) is 8.42 Å². The van der Waals surface area contributed by atoms with Crippen molar-refractivity contribution in [2.24, 2.45) is 0 Å². The van der Waals surface area contributed by atoms with Crippen LogP contribution in [0.5, 0.6) is 0 Å². The molecule has 7 heteroatoms. The molecule has 1 aromatic rings. The smallest absolute Gasteiger partial charge is 0.250 e. The molecule has 0 aromatic carbocycles. The zero-order valence-corrected chi connectivity index (χ0v) is 15.6. The first-order valence-corrected chi connectivity index (χ1v) is 10.3. The third kappa shape index (κ3) is 4.76. The molecule has 3 N–H and O–H groups in total. The van der Waals surface area contributed by atoms with Gasteiger partial charge in [0.25, 0.3) is 10.0 Å². The maximum Gasteiger partial charge on any atom is 0.250 e. The molecule has 2 rings (SSSR count). The average molecular weight is 348 g/mol. The summed E-state index contributed by atoms with van der Waals surface area (Å²) in [5, 5.41) is 1.79. The molecular formula is C15H29N3O2S2+2. The molecule has 1 saturated heterocycles. The Morgan fingerprint density at radius 1 is 1.41 bits per heavy atom. The second-order valence-corrected chi connectivity index (χ2v) is 10.0. The summed E-state index contributed by atoms with van der Waals surface area (Å²) >= 11 is 1.26. The van der Waals surface area contributed by atoms with Crippen molar-refractivity contribution in [3.63, 3.8) is 0 Å². The topological polar surface area (TPSA) is 55.1 Å². The molecule has 5 nitrogen and oxygen atoms in total. The quantitative estimate of drug-likeness (QED) is 0.618. The molecule has 0 spiro atoms. The van der Waals surface area contributed by atoms with Crippen molar-refractivity contribution in [2.45, 2.75) is 42.5 Å². The van der Waals surface area contributed by atoms with Crippen molar-refractivity contribution in [1.29, 1.82) is 0 Å². The Kier molecular flexibility index (Phi) is 5.66. The summed E-state index contributed by atoms with van der Waals surface area (Å²) in [6.45, 7) is 7.16. The van der Waals surface area contributed by atoms with Crippen molar-refractivity contribution in [2.75, 3.05) is 33.7 Å². The van der Waals surface area contributed by atoms with E-state index in [9.17, 15) is 8.42 Å². The van der Waals surface area contributed by atoms with Gasteiger partial charge in [-0.3, -0.25) is 0 Å². The van der Waals surface area contributed by atoms with Gasteiger partial charge in [0.2, 0.25) is 0 Å². The molecule has 1 aromatic heterocycles. The zero-order valence-electron chi connectivity index (χ0n) is 14.0. The second-order valence-electron chi connectivity index (χ2n) is 7.18. The van der Waals surface area contributed by atoms with Crippen LogP contribution in [-0.4, -0.2) is 53.7 Å². The molecule has 2 heterocycles. The highest BCUT2D eigenvalue weighted by Crippen LogP contribution is 2.17. The lowest BCUT2D eigenvalue weighted by molar-refractivity contribution is -0.941. The van der Waals surface area contributed by atoms with Gasteiger partial charge in [-0.1, -0.05) is 6.07 Å². The van der Waals surface area contributed by atoms with E-state index in [2.05, 4.69) is 18.8 Å². The van der Waals surface area contributed by atoms with Crippen LogP contribution in [0.1, 0.15) is 26.7 Å². The molecule has 126 valence electrons. The number of likely N-dealkylation sites (N-methyl/N-ethyl adjacent to an activating group) is 1. The Bertz CT molecular complexity index is 562. The van der Waals surface area contributed by atoms with E-state index in [1.807, 2.05) is 13.8 Å². The van der Waals surface area contributed by atoms with E-state index in [0.29, 0.717) is 10.3 Å². The lowest BCUT2D eigenvalue weighted by Gasteiger charge is -2.35. The Morgan fingerprint density at radius 2 is 2.05 bits per heavy atom. The maximum absolute atomic E-state index is 12.4. The van der Waals surface area contributed by atoms with Crippen LogP contribution in [0.4, 0.5) is 0 Å². The molecule has 0 bridgehead atoms. The van der Waals surface area contributed by atoms with Crippen LogP contribution in [0.3, 0.4) is 0 Å². The van der Waals surface area contributed by atoms with Gasteiger partial charge in [-0.05, 0) is 25.3 Å². The van der Waals surface area contributed by atoms with Crippen LogP contribution in [0.15, 0.2) is 21.7 Å². The standard InChI is InChI=1S/C15H27N3O2S2/c1-15(2,16-22(19,20)14-6-5-11-21-14)12-18(4)13-7-9-17(3)10-8-13/h5-6,11,13,16H,7-10,12H2,1-4H3/p+2. The molecule has 1 aliphatic heterocycles. The van der Waals surface area contributed by atoms with Gasteiger partial charge < -0.3 is 9.80 Å². The number of hydrogen-bond acceptors (Lipinski definition) is 3. The highest BCUT2D eigenvalue weighted by Gasteiger charge is 2.34. The molecule has 1 atom stereocenters. The third-order valence-electron chi connectivity index (χ3n) is 4.43. The fourth-order valence-corrected chi connectivity index (χ4v) is 5.72. The van der Waals surface area contributed by atoms with E-state index in [-0.39, 0.29) is 0 Å². The highest BCUT2D eigenvalue weighted by atomic mass is 32.2. The minimum Gasteiger partial charge on any atom is -0.337 e. The molecule has 1 fully saturated rings. The van der Waals surface area contributed by atoms with Gasteiger partial charge in [-0.15, -0.1) is 11.3 Å². The number of likely N-dealkylation sites (tertiary alicyclic amines) is 1. The van der Waals surface area contributed by atoms with E-state index < -0.39 is 15.6 Å². The molecule has 0 radical (unpaired) electrons. The van der Waals surface area contributed by atoms with Crippen molar-refractivity contribution >= 4 is 21.4 Å². The van der Waals surface area contributed by atoms with Crippen LogP contribution >= 0.6 is 11.3 Å². The maximum atomic E-state index is 12.4. The SMILES string of the molecule is C[NH+]1CCC([NH+](C)CC(C)(C)NS(=O)(=O)c2cccs2)CC1. The van der Waals surface area contributed by atoms with Crippen LogP contribution < -0.4 is 14.5 Å². The van der Waals surface area contributed by atoms with Crippen LogP contribution in [0.2, 0.25) is 0 Å². The van der Waals surface area contributed by atoms with E-state index in [0.717, 1.165) is 6.54 Å². The number of piperidine rings is 1. The van der Waals surface area contributed by atoms with Gasteiger partial charge in [-0.2, -0.15) is 4.72 Å². The van der Waals surface area contributed by atoms with Gasteiger partial charge in [0.15, 0.2) is 0 Å². The largest absolute Gasteiger partial charge is 0.337 e. The second kappa shape index (κ2) is 6.97. The van der Waals surface area contributed by atoms with E-state index in [1.165, 1.54) is 42.2 Å². The molecule has 1 aliphatic rings. The van der Waals surface area contributed by atoms with E-state index >= 15 is 0 Å². The van der Waals surface area contributed by atoms with Crippen molar-refractivity contribution in [3.8, 4) is 0 Å². The normalized spacial score (nSPS) is 25.1. The van der Waals surface area contributed by atoms with Crippen LogP contribution in [0.25, 0.3) is 0 Å². The first kappa shape index (κ1) is 17.9. The van der Waals surface area contributed by atoms with Gasteiger partial charge in [0.05, 0.1) is 45.3 Å². The summed E-state index contributed by atoms with van der Waals surface area (Å²) in [4.78, 5) is 3.02. The van der Waals surface area contributed by atoms with Crippen LogP contribution in [0, 0.1) is 0 Å². The summed E-state index contributed by atoms with van der Waals surface area (Å²) in [5.41, 5.74) is -0.455. The summed E-state index contributed by atoms with van der Waals surface area (Å²) in [6.07, 6.45) is 2.43. The first-order valence-electron chi connectivity index (χ1n) is 7.91. The van der Waals surface area contributed by atoms with Gasteiger partial charge >= 0.3 is 0 Å². The number of thiophene rings is 1. The minimum absolute atomic E-state index is 0.390. The summed E-state index contributed by atoms with van der Waals surface area (Å²) in [6, 6.07) is 4.05. The fourth-order valence-electron chi connectivity index (χ4n) is 3.31. The number of hydrogen-bond donors (Lipinski definition) is 3. The predicted molar refractivity (Wildman–Crippen MR) is 90.1 cm³/mol. The number of sulfonamides is 1. The Labute approximate surface area is 138 Å². The summed E-state index contributed by atoms with van der Waals surface area (Å²) < 4.78 is 28.1. The lowest BCUT2D eigenvalue weighted by atomic mass is 10.0. The predicted octanol–water partition coefficient (Wildman–Crippen LogP) is -1.00. The Morgan fingerprint density at radius 3 is 2.59 bits per heavy atom. The number of nitrogens with one attached hydrogen (secondary N) is 3. The fraction of sp³-hybridized carbons (Fsp3) is 0.733. The van der Waals surface area contributed by atoms with E-state index in [1.54, 1.807) is 22.4 Å². The zero-order chi connectivity index (χ0) is 16.4. The van der Waals surface area contributed by atoms with Gasteiger partial charge in [0.1, 0.15) is 4.21 Å². The molecular weight excluding hydrogens is 318 g/mol. The highest BCUT2D eigenvalue weighted by molar-refractivity contribution is 7.91. The Hall–Kier alpha value is -0.470. The molecule has 0 saturated carbocycles. The van der Waals surface area contributed by atoms with Crippen molar-refractivity contribution in [1.82, 2.24) is 4.72 Å². The van der Waals surface area contributed by atoms with Crippen molar-refractivity contribution in [3.05, 3.63) is 17.5 Å². The summed E-state index contributed by atoms with van der Waals surface area (Å²) in [5.74, 6) is 0.